The van der Waals surface area contributed by atoms with Crippen molar-refractivity contribution in [2.24, 2.45) is 11.8 Å². The first-order chi connectivity index (χ1) is 11.6. The molecule has 2 amide bonds. The van der Waals surface area contributed by atoms with Crippen LogP contribution in [0.25, 0.3) is 0 Å². The smallest absolute Gasteiger partial charge is 0.317 e. The molecule has 0 unspecified atom stereocenters. The van der Waals surface area contributed by atoms with Crippen molar-refractivity contribution in [3.8, 4) is 0 Å². The van der Waals surface area contributed by atoms with Crippen molar-refractivity contribution in [1.29, 1.82) is 0 Å². The summed E-state index contributed by atoms with van der Waals surface area (Å²) in [7, 11) is -3.27. The average molecular weight is 348 g/mol. The molecule has 6 heteroatoms. The van der Waals surface area contributed by atoms with Gasteiger partial charge in [0.05, 0.1) is 10.6 Å². The van der Waals surface area contributed by atoms with Gasteiger partial charge in [-0.2, -0.15) is 0 Å². The largest absolute Gasteiger partial charge is 0.338 e. The standard InChI is InChI=1S/C18H24N2O3S/c21-18(20-13-15-7-4-5-8-16(15)14-20)19-11-6-12-24(22,23)17-9-2-1-3-10-17/h1-5,9-10,15-16H,6-8,11-14H2,(H,19,21)/t15-,16-/m0/s1. The van der Waals surface area contributed by atoms with E-state index in [-0.39, 0.29) is 11.8 Å². The molecule has 0 aromatic heterocycles. The number of rotatable bonds is 5. The van der Waals surface area contributed by atoms with Crippen LogP contribution in [0.3, 0.4) is 0 Å². The number of fused-ring (bicyclic) bond motifs is 1. The Hall–Kier alpha value is -1.82. The summed E-state index contributed by atoms with van der Waals surface area (Å²) in [6, 6.07) is 8.37. The summed E-state index contributed by atoms with van der Waals surface area (Å²) in [5, 5.41) is 2.86. The van der Waals surface area contributed by atoms with Crippen LogP contribution in [0.15, 0.2) is 47.4 Å². The third kappa shape index (κ3) is 3.98. The van der Waals surface area contributed by atoms with Crippen LogP contribution in [0.5, 0.6) is 0 Å². The van der Waals surface area contributed by atoms with Crippen LogP contribution >= 0.6 is 0 Å². The third-order valence-electron chi connectivity index (χ3n) is 4.88. The zero-order valence-electron chi connectivity index (χ0n) is 13.7. The van der Waals surface area contributed by atoms with Crippen LogP contribution in [-0.2, 0) is 9.84 Å². The highest BCUT2D eigenvalue weighted by Gasteiger charge is 2.34. The molecular weight excluding hydrogens is 324 g/mol. The lowest BCUT2D eigenvalue weighted by Gasteiger charge is -2.17. The number of nitrogens with zero attached hydrogens (tertiary/aromatic N) is 1. The van der Waals surface area contributed by atoms with E-state index >= 15 is 0 Å². The van der Waals surface area contributed by atoms with Crippen LogP contribution in [0.4, 0.5) is 4.79 Å². The Balaban J connectivity index is 1.41. The van der Waals surface area contributed by atoms with E-state index < -0.39 is 9.84 Å². The van der Waals surface area contributed by atoms with Crippen LogP contribution in [-0.4, -0.2) is 44.7 Å². The number of benzene rings is 1. The third-order valence-corrected chi connectivity index (χ3v) is 6.69. The van der Waals surface area contributed by atoms with Gasteiger partial charge < -0.3 is 10.2 Å². The van der Waals surface area contributed by atoms with Crippen LogP contribution < -0.4 is 5.32 Å². The monoisotopic (exact) mass is 348 g/mol. The van der Waals surface area contributed by atoms with Gasteiger partial charge in [-0.05, 0) is 43.2 Å². The molecule has 1 saturated heterocycles. The number of carbonyl (C=O) groups excluding carboxylic acids is 1. The van der Waals surface area contributed by atoms with Gasteiger partial charge in [0.25, 0.3) is 0 Å². The molecule has 0 radical (unpaired) electrons. The van der Waals surface area contributed by atoms with Crippen LogP contribution in [0.2, 0.25) is 0 Å². The van der Waals surface area contributed by atoms with Crippen molar-refractivity contribution in [1.82, 2.24) is 10.2 Å². The van der Waals surface area contributed by atoms with Gasteiger partial charge in [-0.3, -0.25) is 0 Å². The predicted molar refractivity (Wildman–Crippen MR) is 93.4 cm³/mol. The van der Waals surface area contributed by atoms with E-state index in [0.29, 0.717) is 29.7 Å². The summed E-state index contributed by atoms with van der Waals surface area (Å²) < 4.78 is 24.3. The zero-order valence-corrected chi connectivity index (χ0v) is 14.5. The van der Waals surface area contributed by atoms with Gasteiger partial charge in [0.15, 0.2) is 9.84 Å². The normalized spacial score (nSPS) is 23.1. The van der Waals surface area contributed by atoms with Crippen LogP contribution in [0.1, 0.15) is 19.3 Å². The van der Waals surface area contributed by atoms with Gasteiger partial charge in [0.1, 0.15) is 0 Å². The molecule has 0 saturated carbocycles. The number of nitrogens with one attached hydrogen (secondary N) is 1. The minimum Gasteiger partial charge on any atom is -0.338 e. The molecule has 1 aromatic rings. The molecule has 1 heterocycles. The SMILES string of the molecule is O=C(NCCCS(=O)(=O)c1ccccc1)N1C[C@@H]2CC=CC[C@H]2C1. The molecule has 24 heavy (non-hydrogen) atoms. The number of urea groups is 1. The van der Waals surface area contributed by atoms with E-state index in [1.165, 1.54) is 0 Å². The number of hydrogen-bond acceptors (Lipinski definition) is 3. The quantitative estimate of drug-likeness (QED) is 0.656. The Morgan fingerprint density at radius 2 is 1.71 bits per heavy atom. The van der Waals surface area contributed by atoms with Crippen molar-refractivity contribution in [2.45, 2.75) is 24.2 Å². The Bertz CT molecular complexity index is 684. The highest BCUT2D eigenvalue weighted by molar-refractivity contribution is 7.91. The van der Waals surface area contributed by atoms with Crippen LogP contribution in [0, 0.1) is 11.8 Å². The highest BCUT2D eigenvalue weighted by atomic mass is 32.2. The minimum absolute atomic E-state index is 0.0481. The maximum Gasteiger partial charge on any atom is 0.317 e. The van der Waals surface area contributed by atoms with E-state index in [4.69, 9.17) is 0 Å². The Kier molecular flexibility index (Phi) is 5.23. The first-order valence-electron chi connectivity index (χ1n) is 8.52. The second-order valence-corrected chi connectivity index (χ2v) is 8.69. The van der Waals surface area contributed by atoms with Gasteiger partial charge in [-0.15, -0.1) is 0 Å². The molecular formula is C18H24N2O3S. The summed E-state index contributed by atoms with van der Waals surface area (Å²) in [6.45, 7) is 2.00. The lowest BCUT2D eigenvalue weighted by atomic mass is 9.86. The summed E-state index contributed by atoms with van der Waals surface area (Å²) in [5.41, 5.74) is 0. The van der Waals surface area contributed by atoms with E-state index in [9.17, 15) is 13.2 Å². The number of amides is 2. The predicted octanol–water partition coefficient (Wildman–Crippen LogP) is 2.46. The topological polar surface area (TPSA) is 66.5 Å². The summed E-state index contributed by atoms with van der Waals surface area (Å²) >= 11 is 0. The molecule has 130 valence electrons. The van der Waals surface area contributed by atoms with Crippen molar-refractivity contribution in [2.75, 3.05) is 25.4 Å². The van der Waals surface area contributed by atoms with Crippen molar-refractivity contribution < 1.29 is 13.2 Å². The fourth-order valence-electron chi connectivity index (χ4n) is 3.50. The van der Waals surface area contributed by atoms with Crippen molar-refractivity contribution >= 4 is 15.9 Å². The number of hydrogen-bond donors (Lipinski definition) is 1. The molecule has 1 fully saturated rings. The molecule has 0 bridgehead atoms. The van der Waals surface area contributed by atoms with Gasteiger partial charge >= 0.3 is 6.03 Å². The molecule has 1 aliphatic heterocycles. The number of carbonyl (C=O) groups is 1. The summed E-state index contributed by atoms with van der Waals surface area (Å²) in [4.78, 5) is 14.4. The maximum absolute atomic E-state index is 12.2. The maximum atomic E-state index is 12.2. The van der Waals surface area contributed by atoms with Gasteiger partial charge in [-0.1, -0.05) is 30.4 Å². The molecule has 2 aliphatic rings. The van der Waals surface area contributed by atoms with Gasteiger partial charge in [0.2, 0.25) is 0 Å². The second-order valence-electron chi connectivity index (χ2n) is 6.59. The number of sulfone groups is 1. The first kappa shape index (κ1) is 17.0. The molecule has 1 aliphatic carbocycles. The lowest BCUT2D eigenvalue weighted by molar-refractivity contribution is 0.206. The van der Waals surface area contributed by atoms with Crippen molar-refractivity contribution in [3.05, 3.63) is 42.5 Å². The van der Waals surface area contributed by atoms with E-state index in [0.717, 1.165) is 25.9 Å². The van der Waals surface area contributed by atoms with E-state index in [1.54, 1.807) is 30.3 Å². The lowest BCUT2D eigenvalue weighted by Crippen LogP contribution is -2.39. The number of likely N-dealkylation sites (tertiary alicyclic amines) is 1. The second kappa shape index (κ2) is 7.38. The molecule has 0 spiro atoms. The Labute approximate surface area is 143 Å². The zero-order chi connectivity index (χ0) is 17.0. The molecule has 5 nitrogen and oxygen atoms in total. The Morgan fingerprint density at radius 1 is 1.08 bits per heavy atom. The van der Waals surface area contributed by atoms with Gasteiger partial charge in [0, 0.05) is 19.6 Å². The highest BCUT2D eigenvalue weighted by Crippen LogP contribution is 2.32. The fraction of sp³-hybridized carbons (Fsp3) is 0.500. The van der Waals surface area contributed by atoms with Crippen molar-refractivity contribution in [3.63, 3.8) is 0 Å². The summed E-state index contributed by atoms with van der Waals surface area (Å²) in [6.07, 6.45) is 6.95. The molecule has 2 atom stereocenters. The molecule has 3 rings (SSSR count). The number of allylic oxidation sites excluding steroid dienone is 2. The van der Waals surface area contributed by atoms with E-state index in [1.807, 2.05) is 4.90 Å². The Morgan fingerprint density at radius 3 is 2.33 bits per heavy atom. The molecule has 1 N–H and O–H groups in total. The first-order valence-corrected chi connectivity index (χ1v) is 10.2. The average Bonchev–Trinajstić information content (AvgIpc) is 3.03. The molecule has 1 aromatic carbocycles. The van der Waals surface area contributed by atoms with E-state index in [2.05, 4.69) is 17.5 Å². The minimum atomic E-state index is -3.27. The fourth-order valence-corrected chi connectivity index (χ4v) is 4.83. The summed E-state index contributed by atoms with van der Waals surface area (Å²) in [5.74, 6) is 1.21. The van der Waals surface area contributed by atoms with Gasteiger partial charge in [-0.25, -0.2) is 13.2 Å².